The first-order chi connectivity index (χ1) is 13.5. The lowest BCUT2D eigenvalue weighted by atomic mass is 10.0. The monoisotopic (exact) mass is 374 g/mol. The highest BCUT2D eigenvalue weighted by Crippen LogP contribution is 2.37. The molecule has 5 nitrogen and oxygen atoms in total. The summed E-state index contributed by atoms with van der Waals surface area (Å²) in [6.07, 6.45) is 1.58. The zero-order valence-electron chi connectivity index (χ0n) is 15.5. The minimum atomic E-state index is -0.200. The van der Waals surface area contributed by atoms with Gasteiger partial charge < -0.3 is 13.9 Å². The Labute approximate surface area is 162 Å². The Bertz CT molecular complexity index is 1090. The largest absolute Gasteiger partial charge is 0.485 e. The molecule has 0 radical (unpaired) electrons. The lowest BCUT2D eigenvalue weighted by molar-refractivity contribution is 0.0920. The van der Waals surface area contributed by atoms with Crippen LogP contribution in [0.4, 0.5) is 0 Å². The minimum Gasteiger partial charge on any atom is -0.485 e. The van der Waals surface area contributed by atoms with E-state index in [1.807, 2.05) is 26.0 Å². The lowest BCUT2D eigenvalue weighted by Gasteiger charge is -2.08. The lowest BCUT2D eigenvalue weighted by Crippen LogP contribution is -2.11. The third-order valence-electron chi connectivity index (χ3n) is 4.44. The first-order valence-corrected chi connectivity index (χ1v) is 8.87. The molecule has 28 heavy (non-hydrogen) atoms. The van der Waals surface area contributed by atoms with Crippen molar-refractivity contribution in [3.8, 4) is 11.5 Å². The summed E-state index contributed by atoms with van der Waals surface area (Å²) in [4.78, 5) is 24.9. The Hall–Kier alpha value is -3.60. The third kappa shape index (κ3) is 3.47. The molecule has 1 aliphatic heterocycles. The van der Waals surface area contributed by atoms with Crippen LogP contribution in [0.5, 0.6) is 11.5 Å². The van der Waals surface area contributed by atoms with Gasteiger partial charge in [0, 0.05) is 17.7 Å². The molecule has 4 rings (SSSR count). The molecule has 2 aromatic carbocycles. The van der Waals surface area contributed by atoms with Gasteiger partial charge in [0.15, 0.2) is 18.1 Å². The van der Waals surface area contributed by atoms with E-state index in [-0.39, 0.29) is 23.9 Å². The van der Waals surface area contributed by atoms with Gasteiger partial charge in [0.1, 0.15) is 23.0 Å². The summed E-state index contributed by atoms with van der Waals surface area (Å²) < 4.78 is 16.9. The van der Waals surface area contributed by atoms with Crippen LogP contribution in [-0.2, 0) is 0 Å². The van der Waals surface area contributed by atoms with Crippen molar-refractivity contribution in [1.29, 1.82) is 0 Å². The predicted octanol–water partition coefficient (Wildman–Crippen LogP) is 4.77. The Balaban J connectivity index is 1.53. The molecule has 3 aromatic rings. The van der Waals surface area contributed by atoms with Crippen LogP contribution in [0.1, 0.15) is 37.8 Å². The molecule has 1 aromatic heterocycles. The number of fused-ring (bicyclic) bond motifs is 1. The molecule has 2 heterocycles. The summed E-state index contributed by atoms with van der Waals surface area (Å²) >= 11 is 0. The number of Topliss-reactive ketones (excluding diaryl/α,β-unsaturated/α-hetero) is 2. The maximum Gasteiger partial charge on any atom is 0.232 e. The van der Waals surface area contributed by atoms with Crippen LogP contribution in [0.3, 0.4) is 0 Å². The van der Waals surface area contributed by atoms with Crippen LogP contribution >= 0.6 is 0 Å². The van der Waals surface area contributed by atoms with E-state index in [0.29, 0.717) is 28.4 Å². The van der Waals surface area contributed by atoms with E-state index in [1.54, 1.807) is 48.5 Å². The molecule has 0 atom stereocenters. The molecule has 0 fully saturated rings. The summed E-state index contributed by atoms with van der Waals surface area (Å²) in [5, 5.41) is 0. The molecule has 0 unspecified atom stereocenters. The number of hydrogen-bond donors (Lipinski definition) is 0. The van der Waals surface area contributed by atoms with Crippen LogP contribution in [0.25, 0.3) is 6.08 Å². The number of allylic oxidation sites excluding steroid dienone is 1. The fourth-order valence-corrected chi connectivity index (χ4v) is 3.08. The third-order valence-corrected chi connectivity index (χ3v) is 4.44. The number of aryl methyl sites for hydroxylation is 2. The van der Waals surface area contributed by atoms with Gasteiger partial charge in [-0.1, -0.05) is 30.3 Å². The van der Waals surface area contributed by atoms with Crippen molar-refractivity contribution in [2.75, 3.05) is 6.61 Å². The zero-order chi connectivity index (χ0) is 19.7. The van der Waals surface area contributed by atoms with E-state index in [4.69, 9.17) is 13.9 Å². The Morgan fingerprint density at radius 1 is 1.07 bits per heavy atom. The predicted molar refractivity (Wildman–Crippen MR) is 104 cm³/mol. The fraction of sp³-hybridized carbons (Fsp3) is 0.130. The number of ether oxygens (including phenoxy) is 2. The van der Waals surface area contributed by atoms with Crippen molar-refractivity contribution in [1.82, 2.24) is 0 Å². The Kier molecular flexibility index (Phi) is 4.57. The van der Waals surface area contributed by atoms with Crippen molar-refractivity contribution >= 4 is 17.6 Å². The molecule has 140 valence electrons. The first kappa shape index (κ1) is 17.8. The molecule has 0 spiro atoms. The molecule has 0 saturated carbocycles. The molecular weight excluding hydrogens is 356 g/mol. The zero-order valence-corrected chi connectivity index (χ0v) is 15.5. The van der Waals surface area contributed by atoms with Crippen LogP contribution in [-0.4, -0.2) is 18.2 Å². The maximum atomic E-state index is 12.7. The molecule has 1 aliphatic rings. The first-order valence-electron chi connectivity index (χ1n) is 8.87. The Morgan fingerprint density at radius 2 is 1.86 bits per heavy atom. The highest BCUT2D eigenvalue weighted by Gasteiger charge is 2.30. The topological polar surface area (TPSA) is 65.7 Å². The fourth-order valence-electron chi connectivity index (χ4n) is 3.08. The van der Waals surface area contributed by atoms with Gasteiger partial charge in [0.2, 0.25) is 5.78 Å². The number of benzene rings is 2. The molecule has 0 saturated heterocycles. The van der Waals surface area contributed by atoms with Crippen molar-refractivity contribution in [3.63, 3.8) is 0 Å². The van der Waals surface area contributed by atoms with Crippen molar-refractivity contribution in [3.05, 3.63) is 88.6 Å². The van der Waals surface area contributed by atoms with Gasteiger partial charge in [-0.05, 0) is 37.6 Å². The molecule has 0 bridgehead atoms. The second kappa shape index (κ2) is 7.19. The van der Waals surface area contributed by atoms with E-state index < -0.39 is 0 Å². The van der Waals surface area contributed by atoms with Gasteiger partial charge in [0.05, 0.1) is 5.56 Å². The Morgan fingerprint density at radius 3 is 2.57 bits per heavy atom. The number of carbonyl (C=O) groups is 2. The molecule has 0 N–H and O–H groups in total. The normalized spacial score (nSPS) is 14.1. The number of hydrogen-bond acceptors (Lipinski definition) is 5. The average molecular weight is 374 g/mol. The van der Waals surface area contributed by atoms with Crippen molar-refractivity contribution in [2.45, 2.75) is 13.8 Å². The van der Waals surface area contributed by atoms with Crippen LogP contribution < -0.4 is 9.47 Å². The second-order valence-corrected chi connectivity index (χ2v) is 6.58. The summed E-state index contributed by atoms with van der Waals surface area (Å²) in [7, 11) is 0. The summed E-state index contributed by atoms with van der Waals surface area (Å²) in [6, 6.07) is 15.9. The van der Waals surface area contributed by atoms with E-state index >= 15 is 0 Å². The SMILES string of the molecule is Cc1ccc(/C=C2\Oc3cc(OCC(=O)c4ccccc4)cc(C)c3C2=O)o1. The van der Waals surface area contributed by atoms with Crippen molar-refractivity contribution in [2.24, 2.45) is 0 Å². The number of carbonyl (C=O) groups excluding carboxylic acids is 2. The van der Waals surface area contributed by atoms with Crippen LogP contribution in [0, 0.1) is 13.8 Å². The van der Waals surface area contributed by atoms with Crippen LogP contribution in [0.2, 0.25) is 0 Å². The van der Waals surface area contributed by atoms with E-state index in [2.05, 4.69) is 0 Å². The van der Waals surface area contributed by atoms with E-state index in [1.165, 1.54) is 0 Å². The average Bonchev–Trinajstić information content (AvgIpc) is 3.24. The maximum absolute atomic E-state index is 12.7. The molecule has 0 amide bonds. The number of furan rings is 1. The highest BCUT2D eigenvalue weighted by atomic mass is 16.5. The van der Waals surface area contributed by atoms with Gasteiger partial charge >= 0.3 is 0 Å². The standard InChI is InChI=1S/C23H18O5/c1-14-10-18(26-13-19(24)16-6-4-3-5-7-16)12-20-22(14)23(25)21(28-20)11-17-9-8-15(2)27-17/h3-12H,13H2,1-2H3/b21-11-. The van der Waals surface area contributed by atoms with E-state index in [0.717, 1.165) is 11.3 Å². The summed E-state index contributed by atoms with van der Waals surface area (Å²) in [6.45, 7) is 3.55. The van der Waals surface area contributed by atoms with Gasteiger partial charge in [-0.25, -0.2) is 0 Å². The summed E-state index contributed by atoms with van der Waals surface area (Å²) in [5.41, 5.74) is 1.81. The molecule has 0 aliphatic carbocycles. The highest BCUT2D eigenvalue weighted by molar-refractivity contribution is 6.15. The van der Waals surface area contributed by atoms with Gasteiger partial charge in [-0.2, -0.15) is 0 Å². The minimum absolute atomic E-state index is 0.0927. The van der Waals surface area contributed by atoms with Gasteiger partial charge in [0.25, 0.3) is 0 Å². The van der Waals surface area contributed by atoms with Gasteiger partial charge in [-0.15, -0.1) is 0 Å². The molecule has 5 heteroatoms. The van der Waals surface area contributed by atoms with Crippen LogP contribution in [0.15, 0.2) is 64.8 Å². The van der Waals surface area contributed by atoms with E-state index in [9.17, 15) is 9.59 Å². The quantitative estimate of drug-likeness (QED) is 0.475. The second-order valence-electron chi connectivity index (χ2n) is 6.58. The van der Waals surface area contributed by atoms with Gasteiger partial charge in [-0.3, -0.25) is 9.59 Å². The summed E-state index contributed by atoms with van der Waals surface area (Å²) in [5.74, 6) is 2.08. The smallest absolute Gasteiger partial charge is 0.232 e. The van der Waals surface area contributed by atoms with Crippen molar-refractivity contribution < 1.29 is 23.5 Å². The number of rotatable bonds is 5. The number of ketones is 2. The molecular formula is C23H18O5.